The van der Waals surface area contributed by atoms with Crippen LogP contribution in [0.5, 0.6) is 0 Å². The third-order valence-electron chi connectivity index (χ3n) is 3.56. The average Bonchev–Trinajstić information content (AvgIpc) is 2.81. The number of hydrazine groups is 1. The monoisotopic (exact) mass is 354 g/mol. The van der Waals surface area contributed by atoms with Crippen LogP contribution in [-0.4, -0.2) is 39.7 Å². The zero-order chi connectivity index (χ0) is 18.2. The smallest absolute Gasteiger partial charge is 0.311 e. The molecule has 0 saturated carbocycles. The summed E-state index contributed by atoms with van der Waals surface area (Å²) in [7, 11) is -3.96. The van der Waals surface area contributed by atoms with E-state index in [0.717, 1.165) is 3.97 Å². The number of imidazole rings is 1. The van der Waals surface area contributed by atoms with Crippen molar-refractivity contribution in [1.82, 2.24) is 18.7 Å². The molecule has 0 aliphatic heterocycles. The van der Waals surface area contributed by atoms with Gasteiger partial charge in [0.2, 0.25) is 5.95 Å². The second kappa shape index (κ2) is 6.38. The van der Waals surface area contributed by atoms with E-state index in [1.165, 1.54) is 10.4 Å². The van der Waals surface area contributed by atoms with Gasteiger partial charge in [-0.3, -0.25) is 10.2 Å². The summed E-state index contributed by atoms with van der Waals surface area (Å²) in [5.41, 5.74) is 8.43. The van der Waals surface area contributed by atoms with Gasteiger partial charge in [0.15, 0.2) is 0 Å². The fraction of sp³-hybridized carbons (Fsp3) is 0.429. The summed E-state index contributed by atoms with van der Waals surface area (Å²) in [6, 6.07) is 4.04. The van der Waals surface area contributed by atoms with Crippen LogP contribution in [0.25, 0.3) is 11.0 Å². The van der Waals surface area contributed by atoms with Gasteiger partial charge in [-0.2, -0.15) is 16.7 Å². The highest BCUT2D eigenvalue weighted by Gasteiger charge is 2.33. The van der Waals surface area contributed by atoms with Gasteiger partial charge >= 0.3 is 10.2 Å². The second-order valence-electron chi connectivity index (χ2n) is 5.91. The Morgan fingerprint density at radius 2 is 1.83 bits per heavy atom. The molecule has 24 heavy (non-hydrogen) atoms. The summed E-state index contributed by atoms with van der Waals surface area (Å²) in [6.07, 6.45) is 0. The highest BCUT2D eigenvalue weighted by atomic mass is 32.2. The molecule has 2 aromatic rings. The summed E-state index contributed by atoms with van der Waals surface area (Å²) in [5.74, 6) is 4.37. The molecule has 5 N–H and O–H groups in total. The topological polar surface area (TPSA) is 136 Å². The number of hydrogen-bond acceptors (Lipinski definition) is 6. The van der Waals surface area contributed by atoms with Crippen LogP contribution in [0.15, 0.2) is 18.2 Å². The molecule has 0 aliphatic carbocycles. The van der Waals surface area contributed by atoms with Crippen molar-refractivity contribution in [3.8, 4) is 0 Å². The van der Waals surface area contributed by atoms with Crippen molar-refractivity contribution in [1.29, 1.82) is 0 Å². The van der Waals surface area contributed by atoms with Gasteiger partial charge in [0.05, 0.1) is 11.1 Å². The zero-order valence-electron chi connectivity index (χ0n) is 14.0. The third-order valence-corrected chi connectivity index (χ3v) is 5.78. The Kier molecular flexibility index (Phi) is 4.83. The molecule has 0 radical (unpaired) electrons. The number of aromatic nitrogens is 2. The number of nitrogens with one attached hydrogen (secondary N) is 1. The molecule has 0 bridgehead atoms. The Balaban J connectivity index is 2.78. The van der Waals surface area contributed by atoms with Crippen molar-refractivity contribution in [3.05, 3.63) is 23.8 Å². The first-order valence-corrected chi connectivity index (χ1v) is 8.84. The summed E-state index contributed by atoms with van der Waals surface area (Å²) in [6.45, 7) is 7.11. The fourth-order valence-electron chi connectivity index (χ4n) is 2.82. The van der Waals surface area contributed by atoms with Crippen LogP contribution < -0.4 is 17.0 Å². The van der Waals surface area contributed by atoms with Crippen molar-refractivity contribution in [3.63, 3.8) is 0 Å². The van der Waals surface area contributed by atoms with Gasteiger partial charge in [-0.05, 0) is 39.8 Å². The number of para-hydroxylation sites is 1. The van der Waals surface area contributed by atoms with E-state index >= 15 is 0 Å². The standard InChI is InChI=1S/C14H22N6O3S/c1-8(2)19(9(3)4)24(22,23)20-11-7-5-6-10(13(21)18-16)12(11)17-14(20)15/h5-9H,16H2,1-4H3,(H2,15,17)(H,18,21). The van der Waals surface area contributed by atoms with Gasteiger partial charge in [0, 0.05) is 12.1 Å². The normalized spacial score (nSPS) is 12.5. The largest absolute Gasteiger partial charge is 0.368 e. The number of fused-ring (bicyclic) bond motifs is 1. The number of carbonyl (C=O) groups excluding carboxylic acids is 1. The van der Waals surface area contributed by atoms with Gasteiger partial charge in [-0.25, -0.2) is 10.8 Å². The lowest BCUT2D eigenvalue weighted by Gasteiger charge is -2.30. The number of rotatable bonds is 5. The molecule has 1 aromatic heterocycles. The first kappa shape index (κ1) is 18.2. The van der Waals surface area contributed by atoms with Gasteiger partial charge in [0.25, 0.3) is 5.91 Å². The number of carbonyl (C=O) groups is 1. The van der Waals surface area contributed by atoms with E-state index in [2.05, 4.69) is 4.98 Å². The van der Waals surface area contributed by atoms with Crippen molar-refractivity contribution >= 4 is 33.1 Å². The lowest BCUT2D eigenvalue weighted by atomic mass is 10.2. The Hall–Kier alpha value is -2.17. The molecule has 1 aromatic carbocycles. The third kappa shape index (κ3) is 2.83. The number of nitrogen functional groups attached to an aromatic ring is 2. The minimum Gasteiger partial charge on any atom is -0.368 e. The van der Waals surface area contributed by atoms with Crippen molar-refractivity contribution in [2.24, 2.45) is 5.84 Å². The first-order chi connectivity index (χ1) is 11.1. The van der Waals surface area contributed by atoms with Crippen LogP contribution in [0.4, 0.5) is 5.95 Å². The maximum absolute atomic E-state index is 13.1. The summed E-state index contributed by atoms with van der Waals surface area (Å²) < 4.78 is 28.5. The SMILES string of the molecule is CC(C)N(C(C)C)S(=O)(=O)n1c(N)nc2c(C(=O)NN)cccc21. The Bertz CT molecular complexity index is 864. The van der Waals surface area contributed by atoms with E-state index in [-0.39, 0.29) is 34.6 Å². The maximum Gasteiger partial charge on any atom is 0.311 e. The first-order valence-electron chi connectivity index (χ1n) is 7.44. The summed E-state index contributed by atoms with van der Waals surface area (Å²) in [4.78, 5) is 15.9. The molecule has 2 rings (SSSR count). The molecule has 0 unspecified atom stereocenters. The summed E-state index contributed by atoms with van der Waals surface area (Å²) in [5, 5.41) is 0. The highest BCUT2D eigenvalue weighted by molar-refractivity contribution is 7.87. The minimum atomic E-state index is -3.96. The van der Waals surface area contributed by atoms with Crippen LogP contribution in [-0.2, 0) is 10.2 Å². The number of benzene rings is 1. The molecular weight excluding hydrogens is 332 g/mol. The number of nitrogens with two attached hydrogens (primary N) is 2. The van der Waals surface area contributed by atoms with Crippen LogP contribution in [0.2, 0.25) is 0 Å². The molecule has 0 aliphatic rings. The van der Waals surface area contributed by atoms with Crippen molar-refractivity contribution < 1.29 is 13.2 Å². The second-order valence-corrected chi connectivity index (χ2v) is 7.59. The van der Waals surface area contributed by atoms with E-state index in [9.17, 15) is 13.2 Å². The van der Waals surface area contributed by atoms with Gasteiger partial charge in [-0.1, -0.05) is 6.07 Å². The minimum absolute atomic E-state index is 0.149. The van der Waals surface area contributed by atoms with E-state index in [0.29, 0.717) is 0 Å². The Labute approximate surface area is 140 Å². The maximum atomic E-state index is 13.1. The molecule has 0 saturated heterocycles. The molecule has 132 valence electrons. The lowest BCUT2D eigenvalue weighted by Crippen LogP contribution is -2.45. The fourth-order valence-corrected chi connectivity index (χ4v) is 4.75. The molecule has 10 heteroatoms. The van der Waals surface area contributed by atoms with Crippen LogP contribution in [0.1, 0.15) is 38.1 Å². The van der Waals surface area contributed by atoms with E-state index < -0.39 is 16.1 Å². The Morgan fingerprint density at radius 3 is 2.33 bits per heavy atom. The molecule has 1 amide bonds. The van der Waals surface area contributed by atoms with E-state index in [4.69, 9.17) is 11.6 Å². The highest BCUT2D eigenvalue weighted by Crippen LogP contribution is 2.26. The van der Waals surface area contributed by atoms with Gasteiger partial charge < -0.3 is 5.73 Å². The van der Waals surface area contributed by atoms with Crippen LogP contribution in [0.3, 0.4) is 0 Å². The van der Waals surface area contributed by atoms with Gasteiger partial charge in [-0.15, -0.1) is 0 Å². The van der Waals surface area contributed by atoms with Gasteiger partial charge in [0.1, 0.15) is 5.52 Å². The predicted molar refractivity (Wildman–Crippen MR) is 92.2 cm³/mol. The van der Waals surface area contributed by atoms with Crippen molar-refractivity contribution in [2.45, 2.75) is 39.8 Å². The molecular formula is C14H22N6O3S. The molecule has 9 nitrogen and oxygen atoms in total. The zero-order valence-corrected chi connectivity index (χ0v) is 14.8. The predicted octanol–water partition coefficient (Wildman–Crippen LogP) is 0.434. The van der Waals surface area contributed by atoms with Crippen LogP contribution >= 0.6 is 0 Å². The number of nitrogens with zero attached hydrogens (tertiary/aromatic N) is 3. The van der Waals surface area contributed by atoms with E-state index in [1.807, 2.05) is 5.43 Å². The molecule has 0 atom stereocenters. The number of anilines is 1. The molecule has 0 spiro atoms. The quantitative estimate of drug-likeness (QED) is 0.405. The van der Waals surface area contributed by atoms with E-state index in [1.54, 1.807) is 39.8 Å². The average molecular weight is 354 g/mol. The number of amides is 1. The molecule has 1 heterocycles. The lowest BCUT2D eigenvalue weighted by molar-refractivity contribution is 0.0955. The number of hydrogen-bond donors (Lipinski definition) is 3. The van der Waals surface area contributed by atoms with Crippen molar-refractivity contribution in [2.75, 3.05) is 5.73 Å². The molecule has 0 fully saturated rings. The Morgan fingerprint density at radius 1 is 1.25 bits per heavy atom. The summed E-state index contributed by atoms with van der Waals surface area (Å²) >= 11 is 0. The van der Waals surface area contributed by atoms with Crippen LogP contribution in [0, 0.1) is 0 Å².